The molecule has 1 aromatic rings. The molecule has 16 heavy (non-hydrogen) atoms. The van der Waals surface area contributed by atoms with E-state index >= 15 is 0 Å². The van der Waals surface area contributed by atoms with E-state index < -0.39 is 5.97 Å². The highest BCUT2D eigenvalue weighted by molar-refractivity contribution is 7.09. The molecule has 1 aromatic heterocycles. The predicted octanol–water partition coefficient (Wildman–Crippen LogP) is 3.29. The van der Waals surface area contributed by atoms with Gasteiger partial charge in [-0.1, -0.05) is 19.3 Å². The normalized spacial score (nSPS) is 18.0. The van der Waals surface area contributed by atoms with Gasteiger partial charge in [0.15, 0.2) is 0 Å². The SMILES string of the molecule is O=C(O)C=Cc1csc(C2CCCCC2)n1. The zero-order valence-electron chi connectivity index (χ0n) is 9.06. The van der Waals surface area contributed by atoms with Crippen molar-refractivity contribution in [2.75, 3.05) is 0 Å². The average molecular weight is 237 g/mol. The van der Waals surface area contributed by atoms with Crippen LogP contribution in [0.5, 0.6) is 0 Å². The first kappa shape index (κ1) is 11.3. The molecule has 0 unspecified atom stereocenters. The number of rotatable bonds is 3. The minimum atomic E-state index is -0.924. The zero-order chi connectivity index (χ0) is 11.4. The fraction of sp³-hybridized carbons (Fsp3) is 0.500. The van der Waals surface area contributed by atoms with E-state index in [1.807, 2.05) is 5.38 Å². The van der Waals surface area contributed by atoms with Gasteiger partial charge in [0, 0.05) is 17.4 Å². The van der Waals surface area contributed by atoms with E-state index in [4.69, 9.17) is 5.11 Å². The summed E-state index contributed by atoms with van der Waals surface area (Å²) in [6, 6.07) is 0. The van der Waals surface area contributed by atoms with Crippen LogP contribution in [-0.2, 0) is 4.79 Å². The molecule has 0 atom stereocenters. The molecule has 3 nitrogen and oxygen atoms in total. The molecule has 0 bridgehead atoms. The lowest BCUT2D eigenvalue weighted by Gasteiger charge is -2.18. The van der Waals surface area contributed by atoms with Crippen LogP contribution in [-0.4, -0.2) is 16.1 Å². The highest BCUT2D eigenvalue weighted by atomic mass is 32.1. The molecule has 1 aliphatic carbocycles. The third-order valence-electron chi connectivity index (χ3n) is 2.89. The van der Waals surface area contributed by atoms with Crippen LogP contribution >= 0.6 is 11.3 Å². The van der Waals surface area contributed by atoms with E-state index in [0.29, 0.717) is 5.92 Å². The van der Waals surface area contributed by atoms with Crippen molar-refractivity contribution in [3.8, 4) is 0 Å². The quantitative estimate of drug-likeness (QED) is 0.821. The number of thiazole rings is 1. The van der Waals surface area contributed by atoms with Gasteiger partial charge < -0.3 is 5.11 Å². The molecular weight excluding hydrogens is 222 g/mol. The van der Waals surface area contributed by atoms with E-state index in [-0.39, 0.29) is 0 Å². The number of carboxylic acid groups (broad SMARTS) is 1. The van der Waals surface area contributed by atoms with Crippen LogP contribution < -0.4 is 0 Å². The summed E-state index contributed by atoms with van der Waals surface area (Å²) < 4.78 is 0. The second-order valence-corrected chi connectivity index (χ2v) is 5.01. The maximum absolute atomic E-state index is 10.4. The summed E-state index contributed by atoms with van der Waals surface area (Å²) in [4.78, 5) is 14.8. The summed E-state index contributed by atoms with van der Waals surface area (Å²) in [7, 11) is 0. The van der Waals surface area contributed by atoms with Crippen LogP contribution in [0, 0.1) is 0 Å². The Morgan fingerprint density at radius 2 is 2.19 bits per heavy atom. The Labute approximate surface area is 98.8 Å². The zero-order valence-corrected chi connectivity index (χ0v) is 9.87. The predicted molar refractivity (Wildman–Crippen MR) is 64.6 cm³/mol. The van der Waals surface area contributed by atoms with Crippen molar-refractivity contribution in [2.24, 2.45) is 0 Å². The van der Waals surface area contributed by atoms with Crippen LogP contribution in [0.3, 0.4) is 0 Å². The van der Waals surface area contributed by atoms with Gasteiger partial charge in [-0.15, -0.1) is 11.3 Å². The molecule has 1 fully saturated rings. The van der Waals surface area contributed by atoms with Crippen molar-refractivity contribution in [2.45, 2.75) is 38.0 Å². The van der Waals surface area contributed by atoms with E-state index in [1.165, 1.54) is 37.1 Å². The first-order valence-electron chi connectivity index (χ1n) is 5.62. The number of carbonyl (C=O) groups is 1. The molecule has 1 aliphatic rings. The molecule has 0 aromatic carbocycles. The fourth-order valence-electron chi connectivity index (χ4n) is 2.07. The third kappa shape index (κ3) is 2.92. The summed E-state index contributed by atoms with van der Waals surface area (Å²) in [5.41, 5.74) is 0.771. The van der Waals surface area contributed by atoms with Gasteiger partial charge in [-0.2, -0.15) is 0 Å². The van der Waals surface area contributed by atoms with Gasteiger partial charge >= 0.3 is 5.97 Å². The number of aliphatic carboxylic acids is 1. The topological polar surface area (TPSA) is 50.2 Å². The van der Waals surface area contributed by atoms with Gasteiger partial charge in [-0.25, -0.2) is 9.78 Å². The van der Waals surface area contributed by atoms with E-state index in [0.717, 1.165) is 11.8 Å². The van der Waals surface area contributed by atoms with Gasteiger partial charge in [0.25, 0.3) is 0 Å². The minimum absolute atomic E-state index is 0.603. The Kier molecular flexibility index (Phi) is 3.72. The van der Waals surface area contributed by atoms with Crippen LogP contribution in [0.2, 0.25) is 0 Å². The second-order valence-electron chi connectivity index (χ2n) is 4.12. The van der Waals surface area contributed by atoms with Crippen LogP contribution in [0.15, 0.2) is 11.5 Å². The Bertz CT molecular complexity index is 391. The Morgan fingerprint density at radius 1 is 1.44 bits per heavy atom. The lowest BCUT2D eigenvalue weighted by Crippen LogP contribution is -2.03. The molecule has 0 radical (unpaired) electrons. The molecule has 0 spiro atoms. The van der Waals surface area contributed by atoms with Crippen molar-refractivity contribution < 1.29 is 9.90 Å². The molecule has 1 N–H and O–H groups in total. The Morgan fingerprint density at radius 3 is 2.88 bits per heavy atom. The molecular formula is C12H15NO2S. The minimum Gasteiger partial charge on any atom is -0.478 e. The average Bonchev–Trinajstić information content (AvgIpc) is 2.76. The summed E-state index contributed by atoms with van der Waals surface area (Å²) in [5.74, 6) is -0.321. The van der Waals surface area contributed by atoms with Gasteiger partial charge in [0.1, 0.15) is 0 Å². The number of hydrogen-bond donors (Lipinski definition) is 1. The molecule has 0 amide bonds. The summed E-state index contributed by atoms with van der Waals surface area (Å²) in [5, 5.41) is 11.6. The van der Waals surface area contributed by atoms with Crippen LogP contribution in [0.25, 0.3) is 6.08 Å². The van der Waals surface area contributed by atoms with Crippen LogP contribution in [0.1, 0.15) is 48.7 Å². The highest BCUT2D eigenvalue weighted by Gasteiger charge is 2.18. The number of nitrogens with zero attached hydrogens (tertiary/aromatic N) is 1. The molecule has 0 saturated heterocycles. The van der Waals surface area contributed by atoms with Crippen LogP contribution in [0.4, 0.5) is 0 Å². The molecule has 0 aliphatic heterocycles. The maximum atomic E-state index is 10.4. The maximum Gasteiger partial charge on any atom is 0.328 e. The second kappa shape index (κ2) is 5.25. The smallest absolute Gasteiger partial charge is 0.328 e. The molecule has 1 heterocycles. The van der Waals surface area contributed by atoms with E-state index in [2.05, 4.69) is 4.98 Å². The van der Waals surface area contributed by atoms with Gasteiger partial charge in [0.2, 0.25) is 0 Å². The standard InChI is InChI=1S/C12H15NO2S/c14-11(15)7-6-10-8-16-12(13-10)9-4-2-1-3-5-9/h6-9H,1-5H2,(H,14,15). The number of aromatic nitrogens is 1. The lowest BCUT2D eigenvalue weighted by atomic mass is 9.90. The summed E-state index contributed by atoms with van der Waals surface area (Å²) in [6.45, 7) is 0. The van der Waals surface area contributed by atoms with E-state index in [1.54, 1.807) is 17.4 Å². The summed E-state index contributed by atoms with van der Waals surface area (Å²) in [6.07, 6.45) is 9.10. The Balaban J connectivity index is 2.03. The van der Waals surface area contributed by atoms with Crippen molar-refractivity contribution in [1.29, 1.82) is 0 Å². The van der Waals surface area contributed by atoms with E-state index in [9.17, 15) is 4.79 Å². The van der Waals surface area contributed by atoms with Gasteiger partial charge in [-0.3, -0.25) is 0 Å². The van der Waals surface area contributed by atoms with Crippen molar-refractivity contribution in [3.05, 3.63) is 22.2 Å². The summed E-state index contributed by atoms with van der Waals surface area (Å²) >= 11 is 1.65. The highest BCUT2D eigenvalue weighted by Crippen LogP contribution is 2.34. The lowest BCUT2D eigenvalue weighted by molar-refractivity contribution is -0.131. The molecule has 86 valence electrons. The molecule has 2 rings (SSSR count). The van der Waals surface area contributed by atoms with Gasteiger partial charge in [-0.05, 0) is 18.9 Å². The Hall–Kier alpha value is -1.16. The molecule has 4 heteroatoms. The number of hydrogen-bond acceptors (Lipinski definition) is 3. The monoisotopic (exact) mass is 237 g/mol. The largest absolute Gasteiger partial charge is 0.478 e. The van der Waals surface area contributed by atoms with Crippen molar-refractivity contribution in [3.63, 3.8) is 0 Å². The van der Waals surface area contributed by atoms with Crippen molar-refractivity contribution >= 4 is 23.4 Å². The molecule has 1 saturated carbocycles. The third-order valence-corrected chi connectivity index (χ3v) is 3.92. The van der Waals surface area contributed by atoms with Gasteiger partial charge in [0.05, 0.1) is 10.7 Å². The fourth-order valence-corrected chi connectivity index (χ4v) is 3.03. The first-order chi connectivity index (χ1) is 7.75. The van der Waals surface area contributed by atoms with Crippen molar-refractivity contribution in [1.82, 2.24) is 4.98 Å². The first-order valence-corrected chi connectivity index (χ1v) is 6.50. The number of carboxylic acids is 1.